The summed E-state index contributed by atoms with van der Waals surface area (Å²) in [4.78, 5) is 0. The van der Waals surface area contributed by atoms with Gasteiger partial charge in [-0.1, -0.05) is 31.0 Å². The number of benzene rings is 1. The van der Waals surface area contributed by atoms with E-state index >= 15 is 0 Å². The van der Waals surface area contributed by atoms with Crippen LogP contribution in [0.25, 0.3) is 0 Å². The summed E-state index contributed by atoms with van der Waals surface area (Å²) in [5, 5.41) is 0. The molecule has 1 aliphatic rings. The summed E-state index contributed by atoms with van der Waals surface area (Å²) in [5.74, 6) is 0. The molecule has 1 aromatic carbocycles. The largest absolute Gasteiger partial charge is 0.372 e. The molecular weight excluding hydrogens is 210 g/mol. The molecule has 17 heavy (non-hydrogen) atoms. The topological polar surface area (TPSA) is 35.2 Å². The molecule has 0 heterocycles. The predicted octanol–water partition coefficient (Wildman–Crippen LogP) is 3.09. The van der Waals surface area contributed by atoms with E-state index in [4.69, 9.17) is 10.5 Å². The van der Waals surface area contributed by atoms with Gasteiger partial charge in [-0.2, -0.15) is 0 Å². The van der Waals surface area contributed by atoms with E-state index in [9.17, 15) is 0 Å². The van der Waals surface area contributed by atoms with Crippen LogP contribution in [0.4, 0.5) is 0 Å². The monoisotopic (exact) mass is 233 g/mol. The maximum absolute atomic E-state index is 6.09. The molecule has 2 heteroatoms. The van der Waals surface area contributed by atoms with Gasteiger partial charge in [-0.3, -0.25) is 0 Å². The van der Waals surface area contributed by atoms with E-state index in [1.807, 2.05) is 0 Å². The third-order valence-electron chi connectivity index (χ3n) is 3.84. The highest BCUT2D eigenvalue weighted by molar-refractivity contribution is 5.32. The highest BCUT2D eigenvalue weighted by atomic mass is 16.5. The molecule has 1 fully saturated rings. The van der Waals surface area contributed by atoms with Crippen LogP contribution >= 0.6 is 0 Å². The van der Waals surface area contributed by atoms with Crippen LogP contribution in [0.2, 0.25) is 0 Å². The van der Waals surface area contributed by atoms with Crippen molar-refractivity contribution in [2.24, 2.45) is 5.73 Å². The molecular formula is C15H23NO. The van der Waals surface area contributed by atoms with Gasteiger partial charge in [0.05, 0.1) is 12.7 Å². The normalized spacial score (nSPS) is 24.9. The summed E-state index contributed by atoms with van der Waals surface area (Å²) in [5.41, 5.74) is 10.0. The van der Waals surface area contributed by atoms with Crippen molar-refractivity contribution in [3.8, 4) is 0 Å². The minimum absolute atomic E-state index is 0.230. The molecule has 2 unspecified atom stereocenters. The van der Waals surface area contributed by atoms with Crippen molar-refractivity contribution in [2.45, 2.75) is 58.3 Å². The molecule has 2 atom stereocenters. The van der Waals surface area contributed by atoms with Gasteiger partial charge >= 0.3 is 0 Å². The Bertz CT molecular complexity index is 355. The maximum Gasteiger partial charge on any atom is 0.0730 e. The lowest BCUT2D eigenvalue weighted by Crippen LogP contribution is -2.39. The first-order valence-electron chi connectivity index (χ1n) is 6.61. The quantitative estimate of drug-likeness (QED) is 0.870. The van der Waals surface area contributed by atoms with Crippen LogP contribution in [0, 0.1) is 13.8 Å². The molecule has 1 aromatic rings. The van der Waals surface area contributed by atoms with E-state index in [1.165, 1.54) is 29.5 Å². The fraction of sp³-hybridized carbons (Fsp3) is 0.600. The van der Waals surface area contributed by atoms with Gasteiger partial charge < -0.3 is 10.5 Å². The zero-order chi connectivity index (χ0) is 12.3. The van der Waals surface area contributed by atoms with Gasteiger partial charge in [0.1, 0.15) is 0 Å². The predicted molar refractivity (Wildman–Crippen MR) is 70.9 cm³/mol. The van der Waals surface area contributed by atoms with Crippen molar-refractivity contribution in [2.75, 3.05) is 0 Å². The Morgan fingerprint density at radius 1 is 1.18 bits per heavy atom. The summed E-state index contributed by atoms with van der Waals surface area (Å²) >= 11 is 0. The number of nitrogens with two attached hydrogens (primary N) is 1. The summed E-state index contributed by atoms with van der Waals surface area (Å²) in [6.45, 7) is 5.00. The van der Waals surface area contributed by atoms with Crippen LogP contribution in [0.5, 0.6) is 0 Å². The van der Waals surface area contributed by atoms with Crippen LogP contribution in [0.3, 0.4) is 0 Å². The first-order chi connectivity index (χ1) is 8.18. The zero-order valence-electron chi connectivity index (χ0n) is 10.9. The number of aryl methyl sites for hydroxylation is 2. The standard InChI is InChI=1S/C15H23NO/c1-11-6-5-7-12(2)13(11)10-17-15-9-4-3-8-14(15)16/h5-7,14-15H,3-4,8-10,16H2,1-2H3. The zero-order valence-corrected chi connectivity index (χ0v) is 10.9. The van der Waals surface area contributed by atoms with E-state index < -0.39 is 0 Å². The fourth-order valence-corrected chi connectivity index (χ4v) is 2.60. The molecule has 2 N–H and O–H groups in total. The molecule has 0 aromatic heterocycles. The Morgan fingerprint density at radius 2 is 1.82 bits per heavy atom. The number of ether oxygens (including phenoxy) is 1. The molecule has 0 radical (unpaired) electrons. The highest BCUT2D eigenvalue weighted by Gasteiger charge is 2.22. The van der Waals surface area contributed by atoms with Crippen LogP contribution in [-0.2, 0) is 11.3 Å². The average molecular weight is 233 g/mol. The molecule has 0 spiro atoms. The van der Waals surface area contributed by atoms with Crippen LogP contribution in [-0.4, -0.2) is 12.1 Å². The maximum atomic E-state index is 6.09. The van der Waals surface area contributed by atoms with E-state index in [2.05, 4.69) is 32.0 Å². The Morgan fingerprint density at radius 3 is 2.47 bits per heavy atom. The summed E-state index contributed by atoms with van der Waals surface area (Å²) < 4.78 is 6.02. The molecule has 94 valence electrons. The minimum atomic E-state index is 0.230. The van der Waals surface area contributed by atoms with Crippen LogP contribution in [0.1, 0.15) is 42.4 Å². The second-order valence-electron chi connectivity index (χ2n) is 5.17. The lowest BCUT2D eigenvalue weighted by Gasteiger charge is -2.29. The minimum Gasteiger partial charge on any atom is -0.372 e. The summed E-state index contributed by atoms with van der Waals surface area (Å²) in [7, 11) is 0. The van der Waals surface area contributed by atoms with E-state index in [0.29, 0.717) is 6.61 Å². The van der Waals surface area contributed by atoms with E-state index in [1.54, 1.807) is 0 Å². The van der Waals surface area contributed by atoms with Crippen LogP contribution in [0.15, 0.2) is 18.2 Å². The number of hydrogen-bond acceptors (Lipinski definition) is 2. The second kappa shape index (κ2) is 5.65. The molecule has 1 aliphatic carbocycles. The van der Waals surface area contributed by atoms with E-state index in [-0.39, 0.29) is 12.1 Å². The van der Waals surface area contributed by atoms with Gasteiger partial charge in [-0.05, 0) is 43.4 Å². The van der Waals surface area contributed by atoms with Crippen molar-refractivity contribution >= 4 is 0 Å². The first-order valence-corrected chi connectivity index (χ1v) is 6.61. The first kappa shape index (κ1) is 12.6. The van der Waals surface area contributed by atoms with Gasteiger partial charge in [0.25, 0.3) is 0 Å². The van der Waals surface area contributed by atoms with Gasteiger partial charge in [-0.15, -0.1) is 0 Å². The Labute approximate surface area is 104 Å². The molecule has 1 saturated carbocycles. The molecule has 2 rings (SSSR count). The molecule has 0 aliphatic heterocycles. The van der Waals surface area contributed by atoms with Gasteiger partial charge in [0.15, 0.2) is 0 Å². The second-order valence-corrected chi connectivity index (χ2v) is 5.17. The third-order valence-corrected chi connectivity index (χ3v) is 3.84. The van der Waals surface area contributed by atoms with Gasteiger partial charge in [0, 0.05) is 6.04 Å². The van der Waals surface area contributed by atoms with Crippen molar-refractivity contribution in [1.29, 1.82) is 0 Å². The van der Waals surface area contributed by atoms with Crippen molar-refractivity contribution in [1.82, 2.24) is 0 Å². The number of rotatable bonds is 3. The smallest absolute Gasteiger partial charge is 0.0730 e. The van der Waals surface area contributed by atoms with Crippen molar-refractivity contribution in [3.05, 3.63) is 34.9 Å². The third kappa shape index (κ3) is 3.08. The molecule has 0 saturated heterocycles. The lowest BCUT2D eigenvalue weighted by atomic mass is 9.93. The van der Waals surface area contributed by atoms with E-state index in [0.717, 1.165) is 12.8 Å². The fourth-order valence-electron chi connectivity index (χ4n) is 2.60. The average Bonchev–Trinajstić information content (AvgIpc) is 2.30. The SMILES string of the molecule is Cc1cccc(C)c1COC1CCCCC1N. The highest BCUT2D eigenvalue weighted by Crippen LogP contribution is 2.22. The molecule has 2 nitrogen and oxygen atoms in total. The van der Waals surface area contributed by atoms with Gasteiger partial charge in [-0.25, -0.2) is 0 Å². The Kier molecular flexibility index (Phi) is 4.19. The summed E-state index contributed by atoms with van der Waals surface area (Å²) in [6.07, 6.45) is 4.99. The summed E-state index contributed by atoms with van der Waals surface area (Å²) in [6, 6.07) is 6.62. The molecule has 0 amide bonds. The van der Waals surface area contributed by atoms with Crippen LogP contribution < -0.4 is 5.73 Å². The van der Waals surface area contributed by atoms with Gasteiger partial charge in [0.2, 0.25) is 0 Å². The lowest BCUT2D eigenvalue weighted by molar-refractivity contribution is 0.00363. The number of hydrogen-bond donors (Lipinski definition) is 1. The Hall–Kier alpha value is -0.860. The Balaban J connectivity index is 1.97. The molecule has 0 bridgehead atoms. The van der Waals surface area contributed by atoms with Crippen molar-refractivity contribution in [3.63, 3.8) is 0 Å². The van der Waals surface area contributed by atoms with Crippen molar-refractivity contribution < 1.29 is 4.74 Å².